The molecule has 0 bridgehead atoms. The molecule has 3 amide bonds. The first-order valence-corrected chi connectivity index (χ1v) is 7.58. The van der Waals surface area contributed by atoms with Gasteiger partial charge in [0.2, 0.25) is 0 Å². The normalized spacial score (nSPS) is 14.9. The quantitative estimate of drug-likeness (QED) is 0.856. The van der Waals surface area contributed by atoms with Crippen molar-refractivity contribution in [3.05, 3.63) is 22.4 Å². The van der Waals surface area contributed by atoms with Crippen LogP contribution < -0.4 is 5.32 Å². The van der Waals surface area contributed by atoms with Crippen LogP contribution in [0.1, 0.15) is 16.8 Å². The number of nitrogens with zero attached hydrogens (tertiary/aromatic N) is 2. The van der Waals surface area contributed by atoms with E-state index in [-0.39, 0.29) is 24.9 Å². The number of carbonyl (C=O) groups is 3. The zero-order valence-corrected chi connectivity index (χ0v) is 12.3. The molecule has 21 heavy (non-hydrogen) atoms. The number of aliphatic carboxylic acids is 1. The summed E-state index contributed by atoms with van der Waals surface area (Å²) in [6, 6.07) is 1.51. The lowest BCUT2D eigenvalue weighted by molar-refractivity contribution is -0.136. The van der Waals surface area contributed by atoms with Gasteiger partial charge in [0.15, 0.2) is 0 Å². The molecule has 0 radical (unpaired) electrons. The van der Waals surface area contributed by atoms with Gasteiger partial charge in [-0.2, -0.15) is 11.3 Å². The Morgan fingerprint density at radius 3 is 2.43 bits per heavy atom. The van der Waals surface area contributed by atoms with Gasteiger partial charge in [0.1, 0.15) is 0 Å². The molecule has 0 spiro atoms. The third kappa shape index (κ3) is 4.19. The zero-order chi connectivity index (χ0) is 15.2. The second kappa shape index (κ2) is 7.07. The van der Waals surface area contributed by atoms with Crippen LogP contribution in [0.4, 0.5) is 4.79 Å². The van der Waals surface area contributed by atoms with Gasteiger partial charge in [0, 0.05) is 38.1 Å². The molecule has 7 nitrogen and oxygen atoms in total. The van der Waals surface area contributed by atoms with Crippen molar-refractivity contribution in [2.45, 2.75) is 6.42 Å². The summed E-state index contributed by atoms with van der Waals surface area (Å²) in [5, 5.41) is 14.7. The number of thiophene rings is 1. The lowest BCUT2D eigenvalue weighted by atomic mass is 10.2. The third-order valence-corrected chi connectivity index (χ3v) is 3.92. The topological polar surface area (TPSA) is 89.9 Å². The molecular formula is C13H17N3O4S. The highest BCUT2D eigenvalue weighted by molar-refractivity contribution is 7.08. The molecule has 0 atom stereocenters. The minimum absolute atomic E-state index is 0.0119. The summed E-state index contributed by atoms with van der Waals surface area (Å²) in [5.74, 6) is -0.955. The van der Waals surface area contributed by atoms with Crippen LogP contribution in [0.2, 0.25) is 0 Å². The van der Waals surface area contributed by atoms with Crippen LogP contribution in [0.5, 0.6) is 0 Å². The van der Waals surface area contributed by atoms with Crippen molar-refractivity contribution in [1.82, 2.24) is 15.1 Å². The van der Waals surface area contributed by atoms with E-state index >= 15 is 0 Å². The Bertz CT molecular complexity index is 509. The fourth-order valence-corrected chi connectivity index (χ4v) is 2.70. The summed E-state index contributed by atoms with van der Waals surface area (Å²) in [6.07, 6.45) is -0.0949. The van der Waals surface area contributed by atoms with Crippen molar-refractivity contribution in [1.29, 1.82) is 0 Å². The Balaban J connectivity index is 1.76. The standard InChI is InChI=1S/C13H17N3O4S/c17-11(18)1-3-14-13(20)16-6-4-15(5-7-16)12(19)10-2-8-21-9-10/h2,8-9H,1,3-7H2,(H,14,20)(H,17,18). The summed E-state index contributed by atoms with van der Waals surface area (Å²) in [5.41, 5.74) is 0.680. The highest BCUT2D eigenvalue weighted by atomic mass is 32.1. The van der Waals surface area contributed by atoms with Gasteiger partial charge in [-0.05, 0) is 11.4 Å². The number of amides is 3. The third-order valence-electron chi connectivity index (χ3n) is 3.24. The Hall–Kier alpha value is -2.09. The molecular weight excluding hydrogens is 294 g/mol. The van der Waals surface area contributed by atoms with Crippen molar-refractivity contribution >= 4 is 29.2 Å². The largest absolute Gasteiger partial charge is 0.481 e. The second-order valence-electron chi connectivity index (χ2n) is 4.67. The predicted molar refractivity (Wildman–Crippen MR) is 77.4 cm³/mol. The molecule has 8 heteroatoms. The number of urea groups is 1. The molecule has 114 valence electrons. The molecule has 0 aliphatic carbocycles. The number of hydrogen-bond acceptors (Lipinski definition) is 4. The van der Waals surface area contributed by atoms with Crippen LogP contribution in [0, 0.1) is 0 Å². The molecule has 2 heterocycles. The number of piperazine rings is 1. The van der Waals surface area contributed by atoms with Crippen molar-refractivity contribution < 1.29 is 19.5 Å². The molecule has 1 fully saturated rings. The maximum absolute atomic E-state index is 12.1. The average molecular weight is 311 g/mol. The number of nitrogens with one attached hydrogen (secondary N) is 1. The number of hydrogen-bond donors (Lipinski definition) is 2. The first kappa shape index (κ1) is 15.3. The van der Waals surface area contributed by atoms with Crippen LogP contribution >= 0.6 is 11.3 Å². The van der Waals surface area contributed by atoms with E-state index < -0.39 is 5.97 Å². The van der Waals surface area contributed by atoms with Gasteiger partial charge in [-0.15, -0.1) is 0 Å². The van der Waals surface area contributed by atoms with E-state index in [1.54, 1.807) is 15.9 Å². The van der Waals surface area contributed by atoms with E-state index in [0.717, 1.165) is 0 Å². The predicted octanol–water partition coefficient (Wildman–Crippen LogP) is 0.690. The lowest BCUT2D eigenvalue weighted by Crippen LogP contribution is -2.53. The van der Waals surface area contributed by atoms with E-state index in [1.165, 1.54) is 11.3 Å². The molecule has 0 aromatic carbocycles. The Morgan fingerprint density at radius 1 is 1.19 bits per heavy atom. The number of rotatable bonds is 4. The molecule has 1 aromatic heterocycles. The summed E-state index contributed by atoms with van der Waals surface area (Å²) in [7, 11) is 0. The summed E-state index contributed by atoms with van der Waals surface area (Å²) < 4.78 is 0. The minimum atomic E-state index is -0.943. The van der Waals surface area contributed by atoms with E-state index in [4.69, 9.17) is 5.11 Å². The Morgan fingerprint density at radius 2 is 1.86 bits per heavy atom. The molecule has 0 saturated carbocycles. The fourth-order valence-electron chi connectivity index (χ4n) is 2.07. The SMILES string of the molecule is O=C(O)CCNC(=O)N1CCN(C(=O)c2ccsc2)CC1. The van der Waals surface area contributed by atoms with Gasteiger partial charge in [0.25, 0.3) is 5.91 Å². The van der Waals surface area contributed by atoms with Crippen LogP contribution in [0.3, 0.4) is 0 Å². The van der Waals surface area contributed by atoms with Crippen molar-refractivity contribution in [3.8, 4) is 0 Å². The maximum atomic E-state index is 12.1. The van der Waals surface area contributed by atoms with Gasteiger partial charge in [-0.1, -0.05) is 0 Å². The highest BCUT2D eigenvalue weighted by Gasteiger charge is 2.24. The van der Waals surface area contributed by atoms with E-state index in [0.29, 0.717) is 31.7 Å². The summed E-state index contributed by atoms with van der Waals surface area (Å²) in [6.45, 7) is 1.99. The Kier molecular flexibility index (Phi) is 5.15. The summed E-state index contributed by atoms with van der Waals surface area (Å²) >= 11 is 1.48. The first-order valence-electron chi connectivity index (χ1n) is 6.64. The Labute approximate surface area is 126 Å². The van der Waals surface area contributed by atoms with Gasteiger partial charge < -0.3 is 20.2 Å². The van der Waals surface area contributed by atoms with E-state index in [1.807, 2.05) is 10.8 Å². The van der Waals surface area contributed by atoms with Gasteiger partial charge in [-0.3, -0.25) is 9.59 Å². The second-order valence-corrected chi connectivity index (χ2v) is 5.45. The van der Waals surface area contributed by atoms with Gasteiger partial charge in [-0.25, -0.2) is 4.79 Å². The smallest absolute Gasteiger partial charge is 0.317 e. The van der Waals surface area contributed by atoms with Crippen LogP contribution in [0.25, 0.3) is 0 Å². The number of carboxylic acid groups (broad SMARTS) is 1. The molecule has 1 aliphatic rings. The number of carbonyl (C=O) groups excluding carboxylic acids is 2. The van der Waals surface area contributed by atoms with Crippen LogP contribution in [0.15, 0.2) is 16.8 Å². The van der Waals surface area contributed by atoms with Gasteiger partial charge in [0.05, 0.1) is 12.0 Å². The summed E-state index contributed by atoms with van der Waals surface area (Å²) in [4.78, 5) is 37.6. The average Bonchev–Trinajstić information content (AvgIpc) is 3.00. The molecule has 2 N–H and O–H groups in total. The van der Waals surface area contributed by atoms with Gasteiger partial charge >= 0.3 is 12.0 Å². The van der Waals surface area contributed by atoms with E-state index in [2.05, 4.69) is 5.32 Å². The fraction of sp³-hybridized carbons (Fsp3) is 0.462. The molecule has 2 rings (SSSR count). The minimum Gasteiger partial charge on any atom is -0.481 e. The molecule has 1 aromatic rings. The zero-order valence-electron chi connectivity index (χ0n) is 11.4. The van der Waals surface area contributed by atoms with Crippen molar-refractivity contribution in [2.75, 3.05) is 32.7 Å². The first-order chi connectivity index (χ1) is 10.1. The van der Waals surface area contributed by atoms with E-state index in [9.17, 15) is 14.4 Å². The van der Waals surface area contributed by atoms with Crippen LogP contribution in [-0.4, -0.2) is 65.5 Å². The monoisotopic (exact) mass is 311 g/mol. The van der Waals surface area contributed by atoms with Crippen molar-refractivity contribution in [2.24, 2.45) is 0 Å². The lowest BCUT2D eigenvalue weighted by Gasteiger charge is -2.34. The van der Waals surface area contributed by atoms with Crippen LogP contribution in [-0.2, 0) is 4.79 Å². The van der Waals surface area contributed by atoms with Crippen molar-refractivity contribution in [3.63, 3.8) is 0 Å². The highest BCUT2D eigenvalue weighted by Crippen LogP contribution is 2.11. The molecule has 0 unspecified atom stereocenters. The maximum Gasteiger partial charge on any atom is 0.317 e. The molecule has 1 saturated heterocycles. The number of carboxylic acids is 1. The molecule has 1 aliphatic heterocycles.